The molecular formula is C16H20O3. The zero-order valence-corrected chi connectivity index (χ0v) is 11.5. The van der Waals surface area contributed by atoms with Gasteiger partial charge in [-0.3, -0.25) is 9.59 Å². The van der Waals surface area contributed by atoms with Crippen LogP contribution in [-0.2, 0) is 4.79 Å². The van der Waals surface area contributed by atoms with E-state index in [1.807, 2.05) is 6.92 Å². The molecule has 102 valence electrons. The maximum atomic E-state index is 11.9. The zero-order chi connectivity index (χ0) is 13.8. The molecule has 19 heavy (non-hydrogen) atoms. The van der Waals surface area contributed by atoms with E-state index in [4.69, 9.17) is 4.74 Å². The molecule has 0 spiro atoms. The van der Waals surface area contributed by atoms with E-state index in [2.05, 4.69) is 0 Å². The second kappa shape index (κ2) is 6.00. The number of ketones is 2. The van der Waals surface area contributed by atoms with Crippen molar-refractivity contribution in [2.45, 2.75) is 45.6 Å². The van der Waals surface area contributed by atoms with Gasteiger partial charge in [0, 0.05) is 11.5 Å². The monoisotopic (exact) mass is 260 g/mol. The lowest BCUT2D eigenvalue weighted by Crippen LogP contribution is -2.24. The third kappa shape index (κ3) is 3.66. The van der Waals surface area contributed by atoms with Crippen LogP contribution in [0.2, 0.25) is 0 Å². The summed E-state index contributed by atoms with van der Waals surface area (Å²) in [5, 5.41) is 0. The van der Waals surface area contributed by atoms with Crippen LogP contribution in [0.25, 0.3) is 0 Å². The fourth-order valence-corrected chi connectivity index (χ4v) is 2.05. The largest absolute Gasteiger partial charge is 0.483 e. The van der Waals surface area contributed by atoms with Crippen molar-refractivity contribution >= 4 is 11.6 Å². The summed E-state index contributed by atoms with van der Waals surface area (Å²) in [6, 6.07) is 7.14. The first-order chi connectivity index (χ1) is 9.11. The summed E-state index contributed by atoms with van der Waals surface area (Å²) in [6.07, 6.45) is 3.27. The SMILES string of the molecule is CCC[C@@H](Oc1ccc(C(=O)C2CC2)cc1)C(C)=O. The molecule has 1 aliphatic carbocycles. The van der Waals surface area contributed by atoms with E-state index in [0.717, 1.165) is 31.2 Å². The zero-order valence-electron chi connectivity index (χ0n) is 11.5. The predicted molar refractivity (Wildman–Crippen MR) is 73.5 cm³/mol. The average Bonchev–Trinajstić information content (AvgIpc) is 3.22. The molecule has 1 atom stereocenters. The van der Waals surface area contributed by atoms with Crippen molar-refractivity contribution in [3.8, 4) is 5.75 Å². The molecule has 1 aliphatic rings. The normalized spacial score (nSPS) is 15.9. The Morgan fingerprint density at radius 1 is 1.26 bits per heavy atom. The van der Waals surface area contributed by atoms with Crippen molar-refractivity contribution in [2.75, 3.05) is 0 Å². The van der Waals surface area contributed by atoms with Gasteiger partial charge in [0.2, 0.25) is 0 Å². The number of ether oxygens (including phenoxy) is 1. The summed E-state index contributed by atoms with van der Waals surface area (Å²) in [5.41, 5.74) is 0.740. The molecule has 0 radical (unpaired) electrons. The number of Topliss-reactive ketones (excluding diaryl/α,β-unsaturated/α-hetero) is 2. The maximum absolute atomic E-state index is 11.9. The molecule has 0 aromatic heterocycles. The number of rotatable bonds is 7. The van der Waals surface area contributed by atoms with Gasteiger partial charge in [-0.2, -0.15) is 0 Å². The van der Waals surface area contributed by atoms with Crippen molar-refractivity contribution in [1.82, 2.24) is 0 Å². The number of carbonyl (C=O) groups is 2. The molecule has 2 rings (SSSR count). The van der Waals surface area contributed by atoms with Gasteiger partial charge in [-0.15, -0.1) is 0 Å². The minimum Gasteiger partial charge on any atom is -0.483 e. The third-order valence-electron chi connectivity index (χ3n) is 3.37. The van der Waals surface area contributed by atoms with Crippen molar-refractivity contribution in [3.63, 3.8) is 0 Å². The fourth-order valence-electron chi connectivity index (χ4n) is 2.05. The fraction of sp³-hybridized carbons (Fsp3) is 0.500. The maximum Gasteiger partial charge on any atom is 0.170 e. The summed E-state index contributed by atoms with van der Waals surface area (Å²) in [5.74, 6) is 1.15. The van der Waals surface area contributed by atoms with E-state index >= 15 is 0 Å². The van der Waals surface area contributed by atoms with Crippen LogP contribution in [0.4, 0.5) is 0 Å². The van der Waals surface area contributed by atoms with Crippen LogP contribution in [0.3, 0.4) is 0 Å². The van der Waals surface area contributed by atoms with E-state index in [0.29, 0.717) is 5.75 Å². The van der Waals surface area contributed by atoms with Gasteiger partial charge in [0.05, 0.1) is 0 Å². The third-order valence-corrected chi connectivity index (χ3v) is 3.37. The standard InChI is InChI=1S/C16H20O3/c1-3-4-15(11(2)17)19-14-9-7-13(8-10-14)16(18)12-5-6-12/h7-10,12,15H,3-6H2,1-2H3/t15-/m1/s1. The Bertz CT molecular complexity index is 457. The molecule has 1 aromatic rings. The molecule has 0 unspecified atom stereocenters. The van der Waals surface area contributed by atoms with Crippen LogP contribution < -0.4 is 4.74 Å². The first-order valence-corrected chi connectivity index (χ1v) is 6.93. The summed E-state index contributed by atoms with van der Waals surface area (Å²) in [4.78, 5) is 23.3. The molecule has 1 fully saturated rings. The van der Waals surface area contributed by atoms with Crippen molar-refractivity contribution in [2.24, 2.45) is 5.92 Å². The van der Waals surface area contributed by atoms with Gasteiger partial charge in [0.25, 0.3) is 0 Å². The predicted octanol–water partition coefficient (Wildman–Crippen LogP) is 3.42. The Labute approximate surface area is 114 Å². The summed E-state index contributed by atoms with van der Waals surface area (Å²) in [7, 11) is 0. The molecule has 0 N–H and O–H groups in total. The molecule has 1 aromatic carbocycles. The van der Waals surface area contributed by atoms with Gasteiger partial charge in [-0.25, -0.2) is 0 Å². The lowest BCUT2D eigenvalue weighted by atomic mass is 10.1. The molecule has 0 heterocycles. The Hall–Kier alpha value is -1.64. The first kappa shape index (κ1) is 13.8. The molecule has 1 saturated carbocycles. The smallest absolute Gasteiger partial charge is 0.170 e. The Balaban J connectivity index is 2.00. The highest BCUT2D eigenvalue weighted by Gasteiger charge is 2.30. The molecule has 0 amide bonds. The number of hydrogen-bond donors (Lipinski definition) is 0. The summed E-state index contributed by atoms with van der Waals surface area (Å²) >= 11 is 0. The van der Waals surface area contributed by atoms with Gasteiger partial charge < -0.3 is 4.74 Å². The van der Waals surface area contributed by atoms with E-state index < -0.39 is 0 Å². The van der Waals surface area contributed by atoms with Crippen LogP contribution in [0.1, 0.15) is 49.9 Å². The van der Waals surface area contributed by atoms with Crippen LogP contribution in [-0.4, -0.2) is 17.7 Å². The summed E-state index contributed by atoms with van der Waals surface area (Å²) < 4.78 is 5.67. The molecule has 0 bridgehead atoms. The molecule has 3 nitrogen and oxygen atoms in total. The topological polar surface area (TPSA) is 43.4 Å². The Morgan fingerprint density at radius 3 is 2.37 bits per heavy atom. The van der Waals surface area contributed by atoms with Crippen molar-refractivity contribution < 1.29 is 14.3 Å². The Morgan fingerprint density at radius 2 is 1.89 bits per heavy atom. The molecule has 0 saturated heterocycles. The van der Waals surface area contributed by atoms with Gasteiger partial charge in [-0.05, 0) is 50.5 Å². The highest BCUT2D eigenvalue weighted by molar-refractivity contribution is 5.99. The highest BCUT2D eigenvalue weighted by Crippen LogP contribution is 2.33. The van der Waals surface area contributed by atoms with Gasteiger partial charge in [0.15, 0.2) is 17.7 Å². The molecule has 3 heteroatoms. The minimum absolute atomic E-state index is 0.0417. The lowest BCUT2D eigenvalue weighted by Gasteiger charge is -2.15. The highest BCUT2D eigenvalue weighted by atomic mass is 16.5. The van der Waals surface area contributed by atoms with E-state index in [1.165, 1.54) is 0 Å². The first-order valence-electron chi connectivity index (χ1n) is 6.93. The number of hydrogen-bond acceptors (Lipinski definition) is 3. The molecular weight excluding hydrogens is 240 g/mol. The van der Waals surface area contributed by atoms with Crippen molar-refractivity contribution in [3.05, 3.63) is 29.8 Å². The van der Waals surface area contributed by atoms with Gasteiger partial charge in [0.1, 0.15) is 5.75 Å². The number of benzene rings is 1. The van der Waals surface area contributed by atoms with Crippen molar-refractivity contribution in [1.29, 1.82) is 0 Å². The molecule has 0 aliphatic heterocycles. The Kier molecular flexibility index (Phi) is 4.35. The van der Waals surface area contributed by atoms with Crippen LogP contribution in [0, 0.1) is 5.92 Å². The van der Waals surface area contributed by atoms with Gasteiger partial charge >= 0.3 is 0 Å². The quantitative estimate of drug-likeness (QED) is 0.705. The second-order valence-electron chi connectivity index (χ2n) is 5.17. The second-order valence-corrected chi connectivity index (χ2v) is 5.17. The average molecular weight is 260 g/mol. The van der Waals surface area contributed by atoms with Crippen LogP contribution >= 0.6 is 0 Å². The lowest BCUT2D eigenvalue weighted by molar-refractivity contribution is -0.123. The van der Waals surface area contributed by atoms with E-state index in [1.54, 1.807) is 31.2 Å². The minimum atomic E-state index is -0.380. The van der Waals surface area contributed by atoms with Crippen LogP contribution in [0.15, 0.2) is 24.3 Å². The van der Waals surface area contributed by atoms with E-state index in [-0.39, 0.29) is 23.6 Å². The van der Waals surface area contributed by atoms with Crippen LogP contribution in [0.5, 0.6) is 5.75 Å². The number of carbonyl (C=O) groups excluding carboxylic acids is 2. The van der Waals surface area contributed by atoms with E-state index in [9.17, 15) is 9.59 Å². The van der Waals surface area contributed by atoms with Gasteiger partial charge in [-0.1, -0.05) is 13.3 Å². The summed E-state index contributed by atoms with van der Waals surface area (Å²) in [6.45, 7) is 3.57.